The summed E-state index contributed by atoms with van der Waals surface area (Å²) in [5, 5.41) is 5.80. The third-order valence-corrected chi connectivity index (χ3v) is 5.19. The van der Waals surface area contributed by atoms with E-state index in [0.29, 0.717) is 23.6 Å². The summed E-state index contributed by atoms with van der Waals surface area (Å²) in [6.45, 7) is 0. The predicted octanol–water partition coefficient (Wildman–Crippen LogP) is 5.76. The Labute approximate surface area is 194 Å². The largest absolute Gasteiger partial charge is 0.481 e. The third kappa shape index (κ3) is 5.29. The fourth-order valence-electron chi connectivity index (χ4n) is 2.91. The second-order valence-corrected chi connectivity index (χ2v) is 7.61. The van der Waals surface area contributed by atoms with E-state index in [1.54, 1.807) is 42.6 Å². The minimum absolute atomic E-state index is 0.0198. The first-order chi connectivity index (χ1) is 16.2. The molecule has 2 N–H and O–H groups in total. The van der Waals surface area contributed by atoms with Crippen LogP contribution in [0, 0.1) is 5.82 Å². The molecule has 0 radical (unpaired) electrons. The summed E-state index contributed by atoms with van der Waals surface area (Å²) in [6, 6.07) is 12.5. The molecule has 0 fully saturated rings. The molecule has 0 aliphatic heterocycles. The van der Waals surface area contributed by atoms with Crippen LogP contribution in [0.4, 0.5) is 34.1 Å². The molecule has 7 nitrogen and oxygen atoms in total. The summed E-state index contributed by atoms with van der Waals surface area (Å²) in [5.74, 6) is -1.47. The molecule has 0 atom stereocenters. The first kappa shape index (κ1) is 23.1. The van der Waals surface area contributed by atoms with Crippen LogP contribution in [0.1, 0.15) is 15.9 Å². The number of carbonyl (C=O) groups is 1. The van der Waals surface area contributed by atoms with Crippen molar-refractivity contribution in [1.82, 2.24) is 14.3 Å². The minimum atomic E-state index is -4.85. The summed E-state index contributed by atoms with van der Waals surface area (Å²) in [5.41, 5.74) is 0.369. The molecule has 174 valence electrons. The summed E-state index contributed by atoms with van der Waals surface area (Å²) in [6.07, 6.45) is -3.26. The average molecular weight is 489 g/mol. The molecule has 0 bridgehead atoms. The SMILES string of the molecule is COc1cc(Nc2ccc(C(=O)Nc3nc(-c4ccc(F)c(C(F)(F)F)c4)ns3)cc2)ccn1. The second-order valence-electron chi connectivity index (χ2n) is 6.86. The highest BCUT2D eigenvalue weighted by Gasteiger charge is 2.34. The number of hydrogen-bond donors (Lipinski definition) is 2. The number of carbonyl (C=O) groups excluding carboxylic acids is 1. The number of methoxy groups -OCH3 is 1. The summed E-state index contributed by atoms with van der Waals surface area (Å²) < 4.78 is 61.4. The molecule has 0 saturated carbocycles. The first-order valence-corrected chi connectivity index (χ1v) is 10.4. The lowest BCUT2D eigenvalue weighted by molar-refractivity contribution is -0.139. The lowest BCUT2D eigenvalue weighted by Gasteiger charge is -2.08. The zero-order valence-corrected chi connectivity index (χ0v) is 18.2. The molecular formula is C22H15F4N5O2S. The molecule has 0 unspecified atom stereocenters. The average Bonchev–Trinajstić information content (AvgIpc) is 3.27. The van der Waals surface area contributed by atoms with Crippen molar-refractivity contribution in [3.63, 3.8) is 0 Å². The lowest BCUT2D eigenvalue weighted by atomic mass is 10.1. The van der Waals surface area contributed by atoms with Crippen LogP contribution in [0.25, 0.3) is 11.4 Å². The maximum atomic E-state index is 13.5. The number of rotatable bonds is 6. The number of pyridine rings is 1. The van der Waals surface area contributed by atoms with Crippen LogP contribution in [-0.2, 0) is 6.18 Å². The third-order valence-electron chi connectivity index (χ3n) is 4.56. The quantitative estimate of drug-likeness (QED) is 0.335. The van der Waals surface area contributed by atoms with Gasteiger partial charge in [-0.05, 0) is 48.5 Å². The molecule has 2 heterocycles. The molecule has 0 aliphatic rings. The zero-order valence-electron chi connectivity index (χ0n) is 17.4. The normalized spacial score (nSPS) is 11.2. The number of nitrogens with zero attached hydrogens (tertiary/aromatic N) is 3. The van der Waals surface area contributed by atoms with Crippen molar-refractivity contribution in [2.45, 2.75) is 6.18 Å². The molecule has 0 spiro atoms. The van der Waals surface area contributed by atoms with Crippen molar-refractivity contribution in [3.8, 4) is 17.3 Å². The molecule has 2 aromatic carbocycles. The number of benzene rings is 2. The van der Waals surface area contributed by atoms with Crippen LogP contribution < -0.4 is 15.4 Å². The van der Waals surface area contributed by atoms with Crippen molar-refractivity contribution in [1.29, 1.82) is 0 Å². The van der Waals surface area contributed by atoms with E-state index in [4.69, 9.17) is 4.74 Å². The van der Waals surface area contributed by atoms with Gasteiger partial charge in [-0.25, -0.2) is 9.37 Å². The van der Waals surface area contributed by atoms with Gasteiger partial charge in [0.1, 0.15) is 5.82 Å². The van der Waals surface area contributed by atoms with Crippen LogP contribution in [0.3, 0.4) is 0 Å². The van der Waals surface area contributed by atoms with Crippen molar-refractivity contribution in [2.75, 3.05) is 17.7 Å². The van der Waals surface area contributed by atoms with Gasteiger partial charge in [0.25, 0.3) is 5.91 Å². The van der Waals surface area contributed by atoms with Gasteiger partial charge in [0.05, 0.1) is 12.7 Å². The van der Waals surface area contributed by atoms with Crippen LogP contribution in [0.15, 0.2) is 60.8 Å². The number of amides is 1. The topological polar surface area (TPSA) is 89.0 Å². The fraction of sp³-hybridized carbons (Fsp3) is 0.0909. The van der Waals surface area contributed by atoms with Crippen molar-refractivity contribution in [3.05, 3.63) is 77.7 Å². The van der Waals surface area contributed by atoms with Crippen molar-refractivity contribution >= 4 is 33.9 Å². The van der Waals surface area contributed by atoms with Gasteiger partial charge in [-0.2, -0.15) is 22.5 Å². The Morgan fingerprint density at radius 1 is 1.03 bits per heavy atom. The fourth-order valence-corrected chi connectivity index (χ4v) is 3.50. The lowest BCUT2D eigenvalue weighted by Crippen LogP contribution is -2.11. The highest BCUT2D eigenvalue weighted by molar-refractivity contribution is 7.10. The van der Waals surface area contributed by atoms with Gasteiger partial charge < -0.3 is 10.1 Å². The van der Waals surface area contributed by atoms with Crippen molar-refractivity contribution in [2.24, 2.45) is 0 Å². The number of aromatic nitrogens is 3. The zero-order chi connectivity index (χ0) is 24.3. The van der Waals surface area contributed by atoms with Gasteiger partial charge >= 0.3 is 6.18 Å². The van der Waals surface area contributed by atoms with Crippen LogP contribution in [-0.4, -0.2) is 27.4 Å². The number of anilines is 3. The molecular weight excluding hydrogens is 474 g/mol. The van der Waals surface area contributed by atoms with E-state index < -0.39 is 23.5 Å². The highest BCUT2D eigenvalue weighted by atomic mass is 32.1. The highest BCUT2D eigenvalue weighted by Crippen LogP contribution is 2.34. The van der Waals surface area contributed by atoms with Crippen LogP contribution in [0.2, 0.25) is 0 Å². The van der Waals surface area contributed by atoms with Gasteiger partial charge in [0, 0.05) is 46.3 Å². The molecule has 0 aliphatic carbocycles. The Balaban J connectivity index is 1.44. The van der Waals surface area contributed by atoms with Crippen LogP contribution in [0.5, 0.6) is 5.88 Å². The summed E-state index contributed by atoms with van der Waals surface area (Å²) in [7, 11) is 1.51. The smallest absolute Gasteiger partial charge is 0.419 e. The van der Waals surface area contributed by atoms with Gasteiger partial charge in [-0.15, -0.1) is 0 Å². The number of ether oxygens (including phenoxy) is 1. The molecule has 4 aromatic rings. The van der Waals surface area contributed by atoms with E-state index in [0.717, 1.165) is 29.0 Å². The second kappa shape index (κ2) is 9.43. The Morgan fingerprint density at radius 3 is 2.50 bits per heavy atom. The standard InChI is InChI=1S/C22H15F4N5O2S/c1-33-18-11-15(8-9-27-18)28-14-5-2-12(3-6-14)20(32)30-21-29-19(31-34-21)13-4-7-17(23)16(10-13)22(24,25)26/h2-11H,1H3,(H,27,28)(H,29,30,31,32). The Bertz CT molecular complexity index is 1330. The van der Waals surface area contributed by atoms with E-state index in [2.05, 4.69) is 25.0 Å². The Kier molecular flexibility index (Phi) is 6.41. The van der Waals surface area contributed by atoms with E-state index in [1.165, 1.54) is 7.11 Å². The Morgan fingerprint density at radius 2 is 1.79 bits per heavy atom. The van der Waals surface area contributed by atoms with Gasteiger partial charge in [0.15, 0.2) is 5.82 Å². The number of alkyl halides is 3. The predicted molar refractivity (Wildman–Crippen MR) is 119 cm³/mol. The maximum Gasteiger partial charge on any atom is 0.419 e. The van der Waals surface area contributed by atoms with E-state index in [1.807, 2.05) is 0 Å². The number of nitrogens with one attached hydrogen (secondary N) is 2. The van der Waals surface area contributed by atoms with Gasteiger partial charge in [0.2, 0.25) is 11.0 Å². The molecule has 1 amide bonds. The van der Waals surface area contributed by atoms with E-state index >= 15 is 0 Å². The minimum Gasteiger partial charge on any atom is -0.481 e. The van der Waals surface area contributed by atoms with E-state index in [-0.39, 0.29) is 16.5 Å². The molecule has 2 aromatic heterocycles. The van der Waals surface area contributed by atoms with Gasteiger partial charge in [-0.1, -0.05) is 0 Å². The van der Waals surface area contributed by atoms with Crippen LogP contribution >= 0.6 is 11.5 Å². The van der Waals surface area contributed by atoms with Gasteiger partial charge in [-0.3, -0.25) is 10.1 Å². The molecule has 12 heteroatoms. The van der Waals surface area contributed by atoms with Crippen molar-refractivity contribution < 1.29 is 27.1 Å². The van der Waals surface area contributed by atoms with E-state index in [9.17, 15) is 22.4 Å². The summed E-state index contributed by atoms with van der Waals surface area (Å²) >= 11 is 0.795. The summed E-state index contributed by atoms with van der Waals surface area (Å²) in [4.78, 5) is 20.6. The Hall–Kier alpha value is -4.06. The monoisotopic (exact) mass is 489 g/mol. The molecule has 0 saturated heterocycles. The number of hydrogen-bond acceptors (Lipinski definition) is 7. The number of halogens is 4. The molecule has 34 heavy (non-hydrogen) atoms. The maximum absolute atomic E-state index is 13.5. The molecule has 4 rings (SSSR count). The first-order valence-electron chi connectivity index (χ1n) is 9.62.